The molecule has 5 aliphatic rings. The van der Waals surface area contributed by atoms with Crippen LogP contribution in [0.5, 0.6) is 0 Å². The maximum atomic E-state index is 7.77. The Kier molecular flexibility index (Phi) is 22.0. The summed E-state index contributed by atoms with van der Waals surface area (Å²) in [5, 5.41) is 0. The molecule has 0 aliphatic heterocycles. The van der Waals surface area contributed by atoms with Crippen LogP contribution >= 0.6 is 0 Å². The Morgan fingerprint density at radius 1 is 0.216 bits per heavy atom. The van der Waals surface area contributed by atoms with Gasteiger partial charge in [-0.3, -0.25) is 0 Å². The van der Waals surface area contributed by atoms with Crippen molar-refractivity contribution in [3.8, 4) is 56.3 Å². The standard InChI is InChI=1S/2C23H32N.2C22H30N.C21H28N/c2*1-15-12-21(24(8)14-17(15)3)18-13-20-19(11-16(18)2)22(4,5)9-10-23(20,6)7;2*1-15-8-9-20(23(7)14-15)17-13-19-18(12-16(17)2)21(3,4)10-11-22(19,5)6;1-15-13-17-18(21(4,5)11-10-20(17,2)3)14-16(15)19-9-7-8-12-22(19)6/h2*11-14H,9-10H2,1-8H3;2*8-9,12-14H,10-11H2,1-7H3;7-9,12-14H,10-11H2,1-6H3/q5*+1/i3D3;;1D3;;. The number of aromatic nitrogens is 5. The van der Waals surface area contributed by atoms with Gasteiger partial charge in [-0.15, -0.1) is 0 Å². The van der Waals surface area contributed by atoms with Crippen molar-refractivity contribution in [1.82, 2.24) is 0 Å². The average molecular weight is 1560 g/mol. The van der Waals surface area contributed by atoms with Crippen LogP contribution < -0.4 is 22.8 Å². The van der Waals surface area contributed by atoms with E-state index in [1.807, 2.05) is 42.3 Å². The van der Waals surface area contributed by atoms with Crippen molar-refractivity contribution >= 4 is 0 Å². The number of pyridine rings is 5. The zero-order valence-electron chi connectivity index (χ0n) is 84.7. The molecular weight excluding hydrogens is 1400 g/mol. The van der Waals surface area contributed by atoms with Crippen molar-refractivity contribution in [3.63, 3.8) is 0 Å². The minimum absolute atomic E-state index is 0.152. The van der Waals surface area contributed by atoms with Crippen LogP contribution in [0.2, 0.25) is 0 Å². The molecule has 5 nitrogen and oxygen atoms in total. The molecule has 0 atom stereocenters. The first-order valence-electron chi connectivity index (χ1n) is 46.6. The second-order valence-electron chi connectivity index (χ2n) is 43.2. The highest BCUT2D eigenvalue weighted by Crippen LogP contribution is 2.53. The molecule has 0 saturated heterocycles. The highest BCUT2D eigenvalue weighted by atomic mass is 14.9. The van der Waals surface area contributed by atoms with Crippen LogP contribution in [0, 0.1) is 76.0 Å². The number of benzene rings is 5. The lowest BCUT2D eigenvalue weighted by molar-refractivity contribution is -0.660. The van der Waals surface area contributed by atoms with Gasteiger partial charge < -0.3 is 0 Å². The summed E-state index contributed by atoms with van der Waals surface area (Å²) in [6.45, 7) is 62.8. The fraction of sp³-hybridized carbons (Fsp3) is 0.505. The van der Waals surface area contributed by atoms with Crippen LogP contribution in [0.25, 0.3) is 56.3 Å². The number of fused-ring (bicyclic) bond motifs is 5. The summed E-state index contributed by atoms with van der Waals surface area (Å²) in [7, 11) is 10.3. The van der Waals surface area contributed by atoms with E-state index in [9.17, 15) is 0 Å². The molecule has 0 radical (unpaired) electrons. The van der Waals surface area contributed by atoms with Crippen LogP contribution in [-0.4, -0.2) is 0 Å². The van der Waals surface area contributed by atoms with Gasteiger partial charge in [0.15, 0.2) is 31.0 Å². The van der Waals surface area contributed by atoms with Gasteiger partial charge >= 0.3 is 0 Å². The minimum Gasteiger partial charge on any atom is -0.201 e. The summed E-state index contributed by atoms with van der Waals surface area (Å²) in [4.78, 5) is 0. The third kappa shape index (κ3) is 17.8. The molecule has 0 spiro atoms. The molecular formula is C111H152N5+5. The molecule has 0 amide bonds. The first-order valence-corrected chi connectivity index (χ1v) is 43.6. The Hall–Kier alpha value is -8.15. The molecule has 0 fully saturated rings. The van der Waals surface area contributed by atoms with E-state index in [-0.39, 0.29) is 54.1 Å². The van der Waals surface area contributed by atoms with Crippen molar-refractivity contribution in [3.05, 3.63) is 263 Å². The Labute approximate surface area is 714 Å². The zero-order chi connectivity index (χ0) is 90.8. The second kappa shape index (κ2) is 31.9. The summed E-state index contributed by atoms with van der Waals surface area (Å²) in [5.74, 6) is 0. The molecule has 616 valence electrons. The molecule has 5 aromatic heterocycles. The zero-order valence-corrected chi connectivity index (χ0v) is 78.7. The van der Waals surface area contributed by atoms with Gasteiger partial charge in [-0.2, -0.15) is 0 Å². The monoisotopic (exact) mass is 1560 g/mol. The SMILES string of the molecule is Cc1cc(-c2cc3c(cc2C)C(C)(C)CCC3(C)C)[n+](C)cc1C.Cc1cc2c(cc1-c1cccc[n+]1C)C(C)(C)CCC2(C)C.Cc1ccc(-c2cc3c(cc2C)C(C)(C)CCC3(C)C)[n+](C)c1.[2H]C([2H])([2H])c1c[n+](C)c(-c2cc3c(cc2C)C(C)(C)CCC3(C)C)cc1C.[2H]C([2H])([2H])c1ccc(-c2cc3c(cc2C)C(C)(C)CCC3(C)C)[n+](C)c1. The Morgan fingerprint density at radius 3 is 0.716 bits per heavy atom. The Balaban J connectivity index is 0.000000149. The lowest BCUT2D eigenvalue weighted by atomic mass is 9.62. The molecule has 5 aliphatic carbocycles. The average Bonchev–Trinajstić information content (AvgIpc) is 0.760. The smallest absolute Gasteiger partial charge is 0.201 e. The van der Waals surface area contributed by atoms with Gasteiger partial charge in [0.1, 0.15) is 35.2 Å². The second-order valence-corrected chi connectivity index (χ2v) is 43.2. The van der Waals surface area contributed by atoms with Crippen molar-refractivity contribution in [2.45, 2.75) is 333 Å². The predicted molar refractivity (Wildman–Crippen MR) is 494 cm³/mol. The van der Waals surface area contributed by atoms with Crippen molar-refractivity contribution in [2.75, 3.05) is 0 Å². The predicted octanol–water partition coefficient (Wildman–Crippen LogP) is 26.0. The van der Waals surface area contributed by atoms with Crippen LogP contribution in [0.1, 0.15) is 328 Å². The summed E-state index contributed by atoms with van der Waals surface area (Å²) >= 11 is 0. The molecule has 5 aromatic carbocycles. The fourth-order valence-corrected chi connectivity index (χ4v) is 19.9. The van der Waals surface area contributed by atoms with Crippen molar-refractivity contribution in [1.29, 1.82) is 0 Å². The third-order valence-corrected chi connectivity index (χ3v) is 29.1. The van der Waals surface area contributed by atoms with E-state index in [4.69, 9.17) is 8.22 Å². The number of aryl methyl sites for hydroxylation is 16. The Bertz CT molecular complexity index is 5680. The van der Waals surface area contributed by atoms with Crippen LogP contribution in [0.3, 0.4) is 0 Å². The van der Waals surface area contributed by atoms with Gasteiger partial charge in [0, 0.05) is 94.7 Å². The topological polar surface area (TPSA) is 19.4 Å². The molecule has 5 heterocycles. The van der Waals surface area contributed by atoms with E-state index >= 15 is 0 Å². The first kappa shape index (κ1) is 80.3. The minimum atomic E-state index is -2.09. The maximum absolute atomic E-state index is 7.77. The highest BCUT2D eigenvalue weighted by Gasteiger charge is 2.44. The molecule has 0 bridgehead atoms. The van der Waals surface area contributed by atoms with Gasteiger partial charge in [-0.1, -0.05) is 169 Å². The summed E-state index contributed by atoms with van der Waals surface area (Å²) in [6.07, 6.45) is 22.4. The lowest BCUT2D eigenvalue weighted by Gasteiger charge is -2.42. The molecule has 0 N–H and O–H groups in total. The van der Waals surface area contributed by atoms with Crippen LogP contribution in [-0.2, 0) is 89.4 Å². The van der Waals surface area contributed by atoms with Gasteiger partial charge in [-0.25, -0.2) is 22.8 Å². The van der Waals surface area contributed by atoms with E-state index in [1.165, 1.54) is 193 Å². The van der Waals surface area contributed by atoms with E-state index in [0.29, 0.717) is 11.1 Å². The van der Waals surface area contributed by atoms with Crippen molar-refractivity contribution in [2.24, 2.45) is 35.2 Å². The molecule has 0 unspecified atom stereocenters. The molecule has 10 aromatic rings. The maximum Gasteiger partial charge on any atom is 0.212 e. The van der Waals surface area contributed by atoms with Gasteiger partial charge in [0.05, 0.1) is 0 Å². The fourth-order valence-electron chi connectivity index (χ4n) is 19.9. The highest BCUT2D eigenvalue weighted by molar-refractivity contribution is 5.71. The molecule has 116 heavy (non-hydrogen) atoms. The number of rotatable bonds is 5. The largest absolute Gasteiger partial charge is 0.212 e. The van der Waals surface area contributed by atoms with Gasteiger partial charge in [0.25, 0.3) is 0 Å². The van der Waals surface area contributed by atoms with E-state index < -0.39 is 13.7 Å². The Morgan fingerprint density at radius 2 is 0.448 bits per heavy atom. The third-order valence-electron chi connectivity index (χ3n) is 29.1. The quantitative estimate of drug-likeness (QED) is 0.153. The van der Waals surface area contributed by atoms with E-state index in [1.54, 1.807) is 35.2 Å². The van der Waals surface area contributed by atoms with E-state index in [0.717, 1.165) is 17.0 Å². The van der Waals surface area contributed by atoms with Gasteiger partial charge in [0.2, 0.25) is 28.5 Å². The summed E-state index contributed by atoms with van der Waals surface area (Å²) < 4.78 is 56.8. The summed E-state index contributed by atoms with van der Waals surface area (Å²) in [6, 6.07) is 43.1. The molecule has 15 rings (SSSR count). The first-order chi connectivity index (χ1) is 55.9. The normalized spacial score (nSPS) is 19.5. The molecule has 5 heteroatoms. The van der Waals surface area contributed by atoms with E-state index in [2.05, 4.69) is 344 Å². The van der Waals surface area contributed by atoms with Crippen molar-refractivity contribution < 1.29 is 31.1 Å². The number of hydrogen-bond donors (Lipinski definition) is 0. The van der Waals surface area contributed by atoms with Crippen LogP contribution in [0.4, 0.5) is 0 Å². The number of hydrogen-bond acceptors (Lipinski definition) is 0. The summed E-state index contributed by atoms with van der Waals surface area (Å²) in [5.41, 5.74) is 42.1. The lowest BCUT2D eigenvalue weighted by Crippen LogP contribution is -2.35. The molecule has 0 saturated carbocycles. The van der Waals surface area contributed by atoms with Crippen LogP contribution in [0.15, 0.2) is 146 Å². The number of nitrogens with zero attached hydrogens (tertiary/aromatic N) is 5. The van der Waals surface area contributed by atoms with Gasteiger partial charge in [-0.05, 0) is 337 Å².